The average Bonchev–Trinajstić information content (AvgIpc) is 2.71. The summed E-state index contributed by atoms with van der Waals surface area (Å²) in [6.45, 7) is 2.08. The van der Waals surface area contributed by atoms with Gasteiger partial charge in [-0.2, -0.15) is 0 Å². The van der Waals surface area contributed by atoms with E-state index in [9.17, 15) is 4.79 Å². The number of aryl methyl sites for hydroxylation is 1. The van der Waals surface area contributed by atoms with E-state index >= 15 is 0 Å². The Morgan fingerprint density at radius 2 is 1.46 bits per heavy atom. The van der Waals surface area contributed by atoms with Gasteiger partial charge in [-0.25, -0.2) is 0 Å². The predicted molar refractivity (Wildman–Crippen MR) is 114 cm³/mol. The summed E-state index contributed by atoms with van der Waals surface area (Å²) in [5, 5.41) is 11.7. The maximum Gasteiger partial charge on any atom is 0.304 e. The molecule has 0 radical (unpaired) electrons. The van der Waals surface area contributed by atoms with Crippen molar-refractivity contribution in [2.24, 2.45) is 0 Å². The number of carboxylic acid groups (broad SMARTS) is 1. The van der Waals surface area contributed by atoms with Crippen LogP contribution in [0.15, 0.2) is 54.6 Å². The van der Waals surface area contributed by atoms with Gasteiger partial charge in [0, 0.05) is 6.54 Å². The molecule has 0 unspecified atom stereocenters. The number of carbonyl (C=O) groups is 1. The lowest BCUT2D eigenvalue weighted by Crippen LogP contribution is -2.20. The normalized spacial score (nSPS) is 10.7. The molecule has 0 spiro atoms. The smallest absolute Gasteiger partial charge is 0.304 e. The second-order valence-electron chi connectivity index (χ2n) is 7.14. The maximum absolute atomic E-state index is 10.4. The van der Waals surface area contributed by atoms with Crippen molar-refractivity contribution in [3.8, 4) is 5.75 Å². The van der Waals surface area contributed by atoms with Crippen LogP contribution in [0.5, 0.6) is 5.75 Å². The Morgan fingerprint density at radius 3 is 2.21 bits per heavy atom. The van der Waals surface area contributed by atoms with E-state index in [0.717, 1.165) is 31.7 Å². The van der Waals surface area contributed by atoms with Crippen LogP contribution in [0.25, 0.3) is 0 Å². The van der Waals surface area contributed by atoms with E-state index in [4.69, 9.17) is 9.84 Å². The van der Waals surface area contributed by atoms with E-state index in [1.165, 1.54) is 43.2 Å². The quantitative estimate of drug-likeness (QED) is 0.431. The Labute approximate surface area is 168 Å². The zero-order chi connectivity index (χ0) is 19.9. The standard InChI is InChI=1S/C24H33NO3/c26-24(27)17-19-25-18-16-22-12-14-23(15-13-22)28-20-8-3-1-2-5-9-21-10-6-4-7-11-21/h4,6-7,10-15,25H,1-3,5,8-9,16-20H2,(H,26,27). The maximum atomic E-state index is 10.4. The van der Waals surface area contributed by atoms with Crippen LogP contribution in [-0.4, -0.2) is 30.8 Å². The summed E-state index contributed by atoms with van der Waals surface area (Å²) in [6, 6.07) is 18.9. The van der Waals surface area contributed by atoms with Crippen molar-refractivity contribution >= 4 is 5.97 Å². The molecule has 0 fully saturated rings. The molecular formula is C24H33NO3. The Morgan fingerprint density at radius 1 is 0.786 bits per heavy atom. The molecule has 0 aromatic heterocycles. The summed E-state index contributed by atoms with van der Waals surface area (Å²) in [5.74, 6) is 0.160. The average molecular weight is 384 g/mol. The van der Waals surface area contributed by atoms with Gasteiger partial charge in [0.25, 0.3) is 0 Å². The molecule has 4 nitrogen and oxygen atoms in total. The molecule has 2 aromatic rings. The number of rotatable bonds is 15. The van der Waals surface area contributed by atoms with Crippen LogP contribution in [-0.2, 0) is 17.6 Å². The van der Waals surface area contributed by atoms with Crippen molar-refractivity contribution in [3.63, 3.8) is 0 Å². The van der Waals surface area contributed by atoms with E-state index in [2.05, 4.69) is 47.8 Å². The molecule has 0 amide bonds. The van der Waals surface area contributed by atoms with Gasteiger partial charge < -0.3 is 15.2 Å². The van der Waals surface area contributed by atoms with Gasteiger partial charge in [-0.1, -0.05) is 61.7 Å². The molecule has 2 aromatic carbocycles. The number of aliphatic carboxylic acids is 1. The van der Waals surface area contributed by atoms with Gasteiger partial charge in [0.2, 0.25) is 0 Å². The van der Waals surface area contributed by atoms with Crippen LogP contribution in [0.1, 0.15) is 49.7 Å². The highest BCUT2D eigenvalue weighted by Crippen LogP contribution is 2.14. The summed E-state index contributed by atoms with van der Waals surface area (Å²) in [4.78, 5) is 10.4. The Kier molecular flexibility index (Phi) is 10.8. The molecule has 28 heavy (non-hydrogen) atoms. The summed E-state index contributed by atoms with van der Waals surface area (Å²) in [6.07, 6.45) is 8.36. The van der Waals surface area contributed by atoms with Crippen LogP contribution in [0, 0.1) is 0 Å². The summed E-state index contributed by atoms with van der Waals surface area (Å²) in [7, 11) is 0. The third-order valence-corrected chi connectivity index (χ3v) is 4.75. The van der Waals surface area contributed by atoms with Crippen molar-refractivity contribution in [1.82, 2.24) is 5.32 Å². The second kappa shape index (κ2) is 13.8. The number of ether oxygens (including phenoxy) is 1. The molecule has 0 aliphatic heterocycles. The van der Waals surface area contributed by atoms with Crippen LogP contribution < -0.4 is 10.1 Å². The van der Waals surface area contributed by atoms with Crippen LogP contribution in [0.2, 0.25) is 0 Å². The first-order valence-electron chi connectivity index (χ1n) is 10.4. The zero-order valence-electron chi connectivity index (χ0n) is 16.7. The number of hydrogen-bond acceptors (Lipinski definition) is 3. The molecule has 2 N–H and O–H groups in total. The lowest BCUT2D eigenvalue weighted by Gasteiger charge is -2.08. The topological polar surface area (TPSA) is 58.6 Å². The predicted octanol–water partition coefficient (Wildman–Crippen LogP) is 4.87. The summed E-state index contributed by atoms with van der Waals surface area (Å²) >= 11 is 0. The number of carboxylic acids is 1. The van der Waals surface area contributed by atoms with Crippen molar-refractivity contribution in [2.75, 3.05) is 19.7 Å². The van der Waals surface area contributed by atoms with Gasteiger partial charge in [-0.15, -0.1) is 0 Å². The molecule has 0 heterocycles. The lowest BCUT2D eigenvalue weighted by molar-refractivity contribution is -0.136. The summed E-state index contributed by atoms with van der Waals surface area (Å²) < 4.78 is 5.83. The van der Waals surface area contributed by atoms with Gasteiger partial charge in [0.05, 0.1) is 13.0 Å². The van der Waals surface area contributed by atoms with Gasteiger partial charge in [0.1, 0.15) is 5.75 Å². The van der Waals surface area contributed by atoms with Crippen LogP contribution in [0.4, 0.5) is 0 Å². The van der Waals surface area contributed by atoms with Crippen molar-refractivity contribution in [1.29, 1.82) is 0 Å². The minimum Gasteiger partial charge on any atom is -0.494 e. The van der Waals surface area contributed by atoms with Crippen LogP contribution >= 0.6 is 0 Å². The Bertz CT molecular complexity index is 655. The highest BCUT2D eigenvalue weighted by Gasteiger charge is 1.99. The van der Waals surface area contributed by atoms with E-state index in [1.54, 1.807) is 0 Å². The van der Waals surface area contributed by atoms with Crippen molar-refractivity contribution in [2.45, 2.75) is 51.4 Å². The van der Waals surface area contributed by atoms with E-state index in [1.807, 2.05) is 12.1 Å². The van der Waals surface area contributed by atoms with Gasteiger partial charge in [-0.3, -0.25) is 4.79 Å². The fourth-order valence-electron chi connectivity index (χ4n) is 3.10. The third-order valence-electron chi connectivity index (χ3n) is 4.75. The molecular weight excluding hydrogens is 350 g/mol. The lowest BCUT2D eigenvalue weighted by atomic mass is 10.1. The van der Waals surface area contributed by atoms with E-state index in [-0.39, 0.29) is 6.42 Å². The Hall–Kier alpha value is -2.33. The SMILES string of the molecule is O=C(O)CCNCCc1ccc(OCCCCCCCc2ccccc2)cc1. The molecule has 0 atom stereocenters. The minimum atomic E-state index is -0.763. The largest absolute Gasteiger partial charge is 0.494 e. The highest BCUT2D eigenvalue weighted by atomic mass is 16.5. The number of hydrogen-bond donors (Lipinski definition) is 2. The second-order valence-corrected chi connectivity index (χ2v) is 7.14. The van der Waals surface area contributed by atoms with E-state index < -0.39 is 5.97 Å². The first-order valence-corrected chi connectivity index (χ1v) is 10.4. The first kappa shape index (κ1) is 22.0. The molecule has 0 bridgehead atoms. The molecule has 152 valence electrons. The molecule has 0 saturated carbocycles. The molecule has 0 aliphatic carbocycles. The fourth-order valence-corrected chi connectivity index (χ4v) is 3.10. The van der Waals surface area contributed by atoms with Crippen LogP contribution in [0.3, 0.4) is 0 Å². The third kappa shape index (κ3) is 10.1. The first-order chi connectivity index (χ1) is 13.7. The molecule has 4 heteroatoms. The monoisotopic (exact) mass is 383 g/mol. The minimum absolute atomic E-state index is 0.166. The Balaban J connectivity index is 1.46. The zero-order valence-corrected chi connectivity index (χ0v) is 16.7. The number of unbranched alkanes of at least 4 members (excludes halogenated alkanes) is 4. The number of benzene rings is 2. The van der Waals surface area contributed by atoms with Crippen molar-refractivity contribution in [3.05, 3.63) is 65.7 Å². The highest BCUT2D eigenvalue weighted by molar-refractivity contribution is 5.66. The van der Waals surface area contributed by atoms with Gasteiger partial charge in [0.15, 0.2) is 0 Å². The van der Waals surface area contributed by atoms with Gasteiger partial charge in [-0.05, 0) is 55.5 Å². The molecule has 0 aliphatic rings. The molecule has 0 saturated heterocycles. The fraction of sp³-hybridized carbons (Fsp3) is 0.458. The number of nitrogens with one attached hydrogen (secondary N) is 1. The van der Waals surface area contributed by atoms with E-state index in [0.29, 0.717) is 6.54 Å². The molecule has 2 rings (SSSR count). The summed E-state index contributed by atoms with van der Waals surface area (Å²) in [5.41, 5.74) is 2.67. The van der Waals surface area contributed by atoms with Crippen molar-refractivity contribution < 1.29 is 14.6 Å². The van der Waals surface area contributed by atoms with Gasteiger partial charge >= 0.3 is 5.97 Å².